The summed E-state index contributed by atoms with van der Waals surface area (Å²) < 4.78 is 7.33. The zero-order valence-electron chi connectivity index (χ0n) is 29.9. The highest BCUT2D eigenvalue weighted by Crippen LogP contribution is 2.61. The summed E-state index contributed by atoms with van der Waals surface area (Å²) in [7, 11) is 1.64. The van der Waals surface area contributed by atoms with E-state index in [9.17, 15) is 14.4 Å². The van der Waals surface area contributed by atoms with Crippen molar-refractivity contribution in [2.24, 2.45) is 29.1 Å². The number of hydrogen-bond acceptors (Lipinski definition) is 9. The highest BCUT2D eigenvalue weighted by Gasteiger charge is 2.51. The van der Waals surface area contributed by atoms with E-state index in [1.54, 1.807) is 37.7 Å². The molecule has 4 heterocycles. The number of hydrogen-bond donors (Lipinski definition) is 2. The van der Waals surface area contributed by atoms with E-state index in [1.807, 2.05) is 25.1 Å². The van der Waals surface area contributed by atoms with Crippen molar-refractivity contribution in [2.45, 2.75) is 64.7 Å². The molecule has 6 fully saturated rings. The number of nitrogens with one attached hydrogen (secondary N) is 2. The molecule has 0 radical (unpaired) electrons. The van der Waals surface area contributed by atoms with Crippen LogP contribution >= 0.6 is 0 Å². The van der Waals surface area contributed by atoms with Crippen LogP contribution in [-0.2, 0) is 9.59 Å². The molecule has 0 unspecified atom stereocenters. The SMILES string of the molecule is COc1cc(N2CCN(C(=O)CC34CC5CC(CC(C5)C3)C4)CC2)ccc1Nc1ncc2c(C)cc(=O)n(-c3ccnc(NC(=O)C4CC4)c3)c2n1. The molecule has 10 rings (SSSR count). The number of carbonyl (C=O) groups is 2. The maximum atomic E-state index is 13.6. The van der Waals surface area contributed by atoms with Gasteiger partial charge >= 0.3 is 0 Å². The van der Waals surface area contributed by atoms with Gasteiger partial charge in [-0.25, -0.2) is 9.97 Å². The first-order chi connectivity index (χ1) is 25.2. The van der Waals surface area contributed by atoms with Crippen LogP contribution in [0.3, 0.4) is 0 Å². The van der Waals surface area contributed by atoms with E-state index in [0.717, 1.165) is 79.8 Å². The van der Waals surface area contributed by atoms with E-state index in [0.29, 0.717) is 40.4 Å². The van der Waals surface area contributed by atoms with Gasteiger partial charge in [-0.15, -0.1) is 0 Å². The van der Waals surface area contributed by atoms with Crippen molar-refractivity contribution in [1.29, 1.82) is 0 Å². The predicted molar refractivity (Wildman–Crippen MR) is 199 cm³/mol. The Morgan fingerprint density at radius 2 is 1.65 bits per heavy atom. The van der Waals surface area contributed by atoms with Gasteiger partial charge in [0.2, 0.25) is 17.8 Å². The summed E-state index contributed by atoms with van der Waals surface area (Å²) in [5.74, 6) is 4.22. The number of ether oxygens (including phenoxy) is 1. The van der Waals surface area contributed by atoms with Crippen LogP contribution in [-0.4, -0.2) is 69.5 Å². The van der Waals surface area contributed by atoms with Crippen LogP contribution in [0.15, 0.2) is 53.6 Å². The zero-order chi connectivity index (χ0) is 35.6. The maximum absolute atomic E-state index is 13.6. The summed E-state index contributed by atoms with van der Waals surface area (Å²) in [4.78, 5) is 57.4. The number of pyridine rings is 2. The number of anilines is 4. The summed E-state index contributed by atoms with van der Waals surface area (Å²) in [6, 6.07) is 11.0. The normalized spacial score (nSPS) is 25.0. The van der Waals surface area contributed by atoms with Crippen molar-refractivity contribution in [1.82, 2.24) is 24.4 Å². The molecule has 2 N–H and O–H groups in total. The van der Waals surface area contributed by atoms with Gasteiger partial charge in [0.25, 0.3) is 5.56 Å². The van der Waals surface area contributed by atoms with Gasteiger partial charge in [-0.2, -0.15) is 4.98 Å². The average molecular weight is 703 g/mol. The van der Waals surface area contributed by atoms with Crippen LogP contribution in [0.4, 0.5) is 23.1 Å². The summed E-state index contributed by atoms with van der Waals surface area (Å²) in [5, 5.41) is 6.89. The number of piperazine rings is 1. The van der Waals surface area contributed by atoms with Crippen molar-refractivity contribution in [3.8, 4) is 11.4 Å². The highest BCUT2D eigenvalue weighted by atomic mass is 16.5. The standard InChI is InChI=1S/C40H46N8O4/c1-24-13-35(49)48(30-7-8-41-34(18-30)44-38(51)28-3-4-28)37-31(24)23-42-39(45-37)43-32-6-5-29(17-33(32)52-2)46-9-11-47(12-10-46)36(50)22-40-19-25-14-26(20-40)16-27(15-25)21-40/h5-8,13,17-18,23,25-28H,3-4,9-12,14-16,19-22H2,1-2H3,(H,41,44,51)(H,42,43,45). The van der Waals surface area contributed by atoms with Gasteiger partial charge in [-0.3, -0.25) is 19.0 Å². The number of aromatic nitrogens is 4. The van der Waals surface area contributed by atoms with Gasteiger partial charge in [-0.1, -0.05) is 0 Å². The minimum atomic E-state index is -0.253. The second-order valence-corrected chi connectivity index (χ2v) is 16.1. The summed E-state index contributed by atoms with van der Waals surface area (Å²) >= 11 is 0. The van der Waals surface area contributed by atoms with Gasteiger partial charge in [0.05, 0.1) is 18.5 Å². The Bertz CT molecular complexity index is 2080. The minimum absolute atomic E-state index is 0.0299. The van der Waals surface area contributed by atoms with Gasteiger partial charge in [0, 0.05) is 80.2 Å². The Balaban J connectivity index is 0.899. The molecule has 52 heavy (non-hydrogen) atoms. The molecule has 12 nitrogen and oxygen atoms in total. The molecule has 2 amide bonds. The quantitative estimate of drug-likeness (QED) is 0.221. The molecule has 3 aromatic heterocycles. The molecule has 5 saturated carbocycles. The predicted octanol–water partition coefficient (Wildman–Crippen LogP) is 5.84. The lowest BCUT2D eigenvalue weighted by atomic mass is 9.49. The van der Waals surface area contributed by atoms with Gasteiger partial charge in [-0.05, 0) is 105 Å². The van der Waals surface area contributed by atoms with Crippen LogP contribution in [0.2, 0.25) is 0 Å². The van der Waals surface area contributed by atoms with E-state index in [-0.39, 0.29) is 22.8 Å². The fourth-order valence-electron chi connectivity index (χ4n) is 10.0. The molecule has 1 saturated heterocycles. The number of benzene rings is 1. The Kier molecular flexibility index (Phi) is 8.15. The van der Waals surface area contributed by atoms with E-state index >= 15 is 0 Å². The topological polar surface area (TPSA) is 135 Å². The molecule has 4 aromatic rings. The molecule has 6 aliphatic rings. The molecule has 4 bridgehead atoms. The second kappa shape index (κ2) is 12.9. The number of fused-ring (bicyclic) bond motifs is 1. The number of aryl methyl sites for hydroxylation is 1. The lowest BCUT2D eigenvalue weighted by Crippen LogP contribution is -2.52. The van der Waals surface area contributed by atoms with Gasteiger partial charge < -0.3 is 25.2 Å². The lowest BCUT2D eigenvalue weighted by Gasteiger charge is -2.57. The fraction of sp³-hybridized carbons (Fsp3) is 0.500. The van der Waals surface area contributed by atoms with Crippen LogP contribution in [0, 0.1) is 36.0 Å². The molecule has 0 atom stereocenters. The Hall–Kier alpha value is -5.00. The van der Waals surface area contributed by atoms with E-state index < -0.39 is 0 Å². The van der Waals surface area contributed by atoms with Gasteiger partial charge in [0.15, 0.2) is 5.65 Å². The highest BCUT2D eigenvalue weighted by molar-refractivity contribution is 5.93. The largest absolute Gasteiger partial charge is 0.494 e. The molecule has 5 aliphatic carbocycles. The molecule has 1 aromatic carbocycles. The summed E-state index contributed by atoms with van der Waals surface area (Å²) in [6.45, 7) is 4.86. The first-order valence-electron chi connectivity index (χ1n) is 18.9. The van der Waals surface area contributed by atoms with Crippen molar-refractivity contribution < 1.29 is 14.3 Å². The van der Waals surface area contributed by atoms with Crippen LogP contribution in [0.25, 0.3) is 16.7 Å². The van der Waals surface area contributed by atoms with Crippen LogP contribution in [0.1, 0.15) is 63.4 Å². The fourth-order valence-corrected chi connectivity index (χ4v) is 10.0. The van der Waals surface area contributed by atoms with Crippen molar-refractivity contribution in [3.05, 3.63) is 64.7 Å². The molecule has 270 valence electrons. The van der Waals surface area contributed by atoms with Crippen molar-refractivity contribution >= 4 is 46.0 Å². The molecule has 0 spiro atoms. The lowest BCUT2D eigenvalue weighted by molar-refractivity contribution is -0.139. The monoisotopic (exact) mass is 702 g/mol. The Morgan fingerprint density at radius 1 is 0.923 bits per heavy atom. The first kappa shape index (κ1) is 32.9. The number of rotatable bonds is 9. The number of nitrogens with zero attached hydrogens (tertiary/aromatic N) is 6. The Morgan fingerprint density at radius 3 is 2.35 bits per heavy atom. The van der Waals surface area contributed by atoms with Crippen molar-refractivity contribution in [3.63, 3.8) is 0 Å². The van der Waals surface area contributed by atoms with Crippen LogP contribution < -0.4 is 25.8 Å². The average Bonchev–Trinajstić information content (AvgIpc) is 3.98. The molecule has 1 aliphatic heterocycles. The first-order valence-corrected chi connectivity index (χ1v) is 18.9. The van der Waals surface area contributed by atoms with Gasteiger partial charge in [0.1, 0.15) is 11.6 Å². The van der Waals surface area contributed by atoms with E-state index in [2.05, 4.69) is 30.4 Å². The number of amides is 2. The molecule has 12 heteroatoms. The van der Waals surface area contributed by atoms with E-state index in [4.69, 9.17) is 9.72 Å². The van der Waals surface area contributed by atoms with Crippen LogP contribution in [0.5, 0.6) is 5.75 Å². The maximum Gasteiger partial charge on any atom is 0.257 e. The number of methoxy groups -OCH3 is 1. The van der Waals surface area contributed by atoms with Crippen molar-refractivity contribution in [2.75, 3.05) is 48.8 Å². The smallest absolute Gasteiger partial charge is 0.257 e. The summed E-state index contributed by atoms with van der Waals surface area (Å²) in [5.41, 5.74) is 3.46. The molecular formula is C40H46N8O4. The Labute approximate surface area is 303 Å². The third-order valence-electron chi connectivity index (χ3n) is 12.3. The third-order valence-corrected chi connectivity index (χ3v) is 12.3. The second-order valence-electron chi connectivity index (χ2n) is 16.1. The minimum Gasteiger partial charge on any atom is -0.494 e. The van der Waals surface area contributed by atoms with E-state index in [1.165, 1.54) is 43.1 Å². The zero-order valence-corrected chi connectivity index (χ0v) is 29.9. The number of carbonyl (C=O) groups excluding carboxylic acids is 2. The summed E-state index contributed by atoms with van der Waals surface area (Å²) in [6.07, 6.45) is 13.8. The third kappa shape index (κ3) is 6.26. The molecular weight excluding hydrogens is 656 g/mol.